The van der Waals surface area contributed by atoms with E-state index in [9.17, 15) is 14.4 Å². The smallest absolute Gasteiger partial charge is 0.326 e. The molecule has 0 bridgehead atoms. The van der Waals surface area contributed by atoms with E-state index in [1.165, 1.54) is 0 Å². The Morgan fingerprint density at radius 2 is 1.65 bits per heavy atom. The molecule has 0 fully saturated rings. The maximum absolute atomic E-state index is 12.1. The Bertz CT molecular complexity index is 358. The first-order chi connectivity index (χ1) is 9.24. The molecule has 3 atom stereocenters. The summed E-state index contributed by atoms with van der Waals surface area (Å²) in [5.74, 6) is -2.41. The molecule has 0 aromatic rings. The number of rotatable bonds is 8. The molecule has 116 valence electrons. The number of carboxylic acids is 1. The second-order valence-corrected chi connectivity index (χ2v) is 5.20. The van der Waals surface area contributed by atoms with Crippen LogP contribution in [0.1, 0.15) is 34.1 Å². The van der Waals surface area contributed by atoms with Crippen molar-refractivity contribution >= 4 is 17.8 Å². The molecular weight excluding hydrogens is 262 g/mol. The van der Waals surface area contributed by atoms with E-state index < -0.39 is 29.9 Å². The molecule has 0 aliphatic carbocycles. The third kappa shape index (κ3) is 5.56. The Balaban J connectivity index is 4.89. The van der Waals surface area contributed by atoms with Crippen molar-refractivity contribution in [3.05, 3.63) is 0 Å². The molecule has 0 saturated heterocycles. The van der Waals surface area contributed by atoms with Crippen LogP contribution in [0.5, 0.6) is 0 Å². The molecule has 3 unspecified atom stereocenters. The van der Waals surface area contributed by atoms with Gasteiger partial charge >= 0.3 is 5.97 Å². The second-order valence-electron chi connectivity index (χ2n) is 5.20. The van der Waals surface area contributed by atoms with Crippen molar-refractivity contribution in [2.45, 2.75) is 46.2 Å². The van der Waals surface area contributed by atoms with Crippen LogP contribution in [0.25, 0.3) is 0 Å². The predicted molar refractivity (Wildman–Crippen MR) is 74.8 cm³/mol. The Kier molecular flexibility index (Phi) is 7.83. The van der Waals surface area contributed by atoms with Crippen molar-refractivity contribution < 1.29 is 19.5 Å². The van der Waals surface area contributed by atoms with E-state index in [0.29, 0.717) is 6.42 Å². The Labute approximate surface area is 119 Å². The monoisotopic (exact) mass is 287 g/mol. The Morgan fingerprint density at radius 3 is 2.00 bits per heavy atom. The quantitative estimate of drug-likeness (QED) is 0.488. The summed E-state index contributed by atoms with van der Waals surface area (Å²) in [6, 6.07) is -1.76. The number of carboxylic acid groups (broad SMARTS) is 1. The number of amides is 2. The fourth-order valence-corrected chi connectivity index (χ4v) is 1.69. The van der Waals surface area contributed by atoms with Crippen LogP contribution < -0.4 is 16.4 Å². The van der Waals surface area contributed by atoms with Gasteiger partial charge in [-0.15, -0.1) is 0 Å². The highest BCUT2D eigenvalue weighted by atomic mass is 16.4. The molecule has 20 heavy (non-hydrogen) atoms. The molecule has 7 nitrogen and oxygen atoms in total. The van der Waals surface area contributed by atoms with Crippen molar-refractivity contribution in [1.29, 1.82) is 0 Å². The normalized spacial score (nSPS) is 15.3. The number of hydrogen-bond donors (Lipinski definition) is 4. The van der Waals surface area contributed by atoms with E-state index in [1.54, 1.807) is 20.8 Å². The van der Waals surface area contributed by atoms with Crippen molar-refractivity contribution in [3.63, 3.8) is 0 Å². The Hall–Kier alpha value is -1.63. The van der Waals surface area contributed by atoms with E-state index in [1.807, 2.05) is 6.92 Å². The average Bonchev–Trinajstić information content (AvgIpc) is 2.39. The van der Waals surface area contributed by atoms with Crippen LogP contribution in [0, 0.1) is 11.8 Å². The third-order valence-corrected chi connectivity index (χ3v) is 3.23. The fraction of sp³-hybridized carbons (Fsp3) is 0.769. The molecule has 0 rings (SSSR count). The van der Waals surface area contributed by atoms with Gasteiger partial charge in [0.05, 0.1) is 6.54 Å². The number of aliphatic carboxylic acids is 1. The lowest BCUT2D eigenvalue weighted by Crippen LogP contribution is -2.55. The van der Waals surface area contributed by atoms with Gasteiger partial charge in [0.2, 0.25) is 11.8 Å². The molecule has 0 aliphatic heterocycles. The number of nitrogens with two attached hydrogens (primary N) is 1. The maximum atomic E-state index is 12.1. The minimum atomic E-state index is -1.08. The van der Waals surface area contributed by atoms with E-state index in [2.05, 4.69) is 10.6 Å². The molecule has 0 aromatic carbocycles. The molecule has 2 amide bonds. The summed E-state index contributed by atoms with van der Waals surface area (Å²) in [6.07, 6.45) is 0.624. The molecule has 0 saturated carbocycles. The first-order valence-electron chi connectivity index (χ1n) is 6.77. The van der Waals surface area contributed by atoms with Gasteiger partial charge in [0.1, 0.15) is 12.1 Å². The van der Waals surface area contributed by atoms with Gasteiger partial charge in [-0.1, -0.05) is 34.1 Å². The SMILES string of the molecule is CCC(C)C(NC(=O)C(NC(=O)CN)C(C)C)C(=O)O. The summed E-state index contributed by atoms with van der Waals surface area (Å²) in [6.45, 7) is 6.91. The van der Waals surface area contributed by atoms with Gasteiger partial charge in [-0.2, -0.15) is 0 Å². The second kappa shape index (κ2) is 8.52. The topological polar surface area (TPSA) is 122 Å². The molecule has 0 aromatic heterocycles. The molecule has 0 spiro atoms. The zero-order chi connectivity index (χ0) is 15.9. The highest BCUT2D eigenvalue weighted by Gasteiger charge is 2.30. The number of carbonyl (C=O) groups excluding carboxylic acids is 2. The zero-order valence-corrected chi connectivity index (χ0v) is 12.5. The predicted octanol–water partition coefficient (Wildman–Crippen LogP) is -0.299. The minimum absolute atomic E-state index is 0.170. The molecule has 0 aliphatic rings. The third-order valence-electron chi connectivity index (χ3n) is 3.23. The van der Waals surface area contributed by atoms with E-state index in [-0.39, 0.29) is 18.4 Å². The number of hydrogen-bond acceptors (Lipinski definition) is 4. The lowest BCUT2D eigenvalue weighted by atomic mass is 9.97. The average molecular weight is 287 g/mol. The van der Waals surface area contributed by atoms with Gasteiger partial charge in [0, 0.05) is 0 Å². The lowest BCUT2D eigenvalue weighted by Gasteiger charge is -2.26. The fourth-order valence-electron chi connectivity index (χ4n) is 1.69. The highest BCUT2D eigenvalue weighted by molar-refractivity contribution is 5.91. The molecule has 0 heterocycles. The van der Waals surface area contributed by atoms with Crippen LogP contribution in [0.2, 0.25) is 0 Å². The summed E-state index contributed by atoms with van der Waals surface area (Å²) < 4.78 is 0. The molecule has 7 heteroatoms. The summed E-state index contributed by atoms with van der Waals surface area (Å²) in [7, 11) is 0. The van der Waals surface area contributed by atoms with Crippen LogP contribution in [0.15, 0.2) is 0 Å². The van der Waals surface area contributed by atoms with Crippen molar-refractivity contribution in [3.8, 4) is 0 Å². The standard InChI is InChI=1S/C13H25N3O4/c1-5-8(4)11(13(19)20)16-12(18)10(7(2)3)15-9(17)6-14/h7-8,10-11H,5-6,14H2,1-4H3,(H,15,17)(H,16,18)(H,19,20). The van der Waals surface area contributed by atoms with Gasteiger partial charge in [0.25, 0.3) is 0 Å². The molecular formula is C13H25N3O4. The van der Waals surface area contributed by atoms with Crippen molar-refractivity contribution in [2.24, 2.45) is 17.6 Å². The van der Waals surface area contributed by atoms with Crippen LogP contribution in [0.3, 0.4) is 0 Å². The summed E-state index contributed by atoms with van der Waals surface area (Å²) >= 11 is 0. The summed E-state index contributed by atoms with van der Waals surface area (Å²) in [4.78, 5) is 34.6. The van der Waals surface area contributed by atoms with Gasteiger partial charge in [-0.3, -0.25) is 9.59 Å². The Morgan fingerprint density at radius 1 is 1.10 bits per heavy atom. The number of carbonyl (C=O) groups is 3. The van der Waals surface area contributed by atoms with Crippen LogP contribution in [-0.2, 0) is 14.4 Å². The van der Waals surface area contributed by atoms with Crippen LogP contribution in [0.4, 0.5) is 0 Å². The summed E-state index contributed by atoms with van der Waals surface area (Å²) in [5.41, 5.74) is 5.20. The van der Waals surface area contributed by atoms with E-state index in [4.69, 9.17) is 10.8 Å². The van der Waals surface area contributed by atoms with E-state index >= 15 is 0 Å². The van der Waals surface area contributed by atoms with Crippen LogP contribution >= 0.6 is 0 Å². The largest absolute Gasteiger partial charge is 0.480 e. The van der Waals surface area contributed by atoms with Gasteiger partial charge in [-0.05, 0) is 11.8 Å². The molecule has 5 N–H and O–H groups in total. The molecule has 0 radical (unpaired) electrons. The lowest BCUT2D eigenvalue weighted by molar-refractivity contribution is -0.144. The van der Waals surface area contributed by atoms with Gasteiger partial charge in [0.15, 0.2) is 0 Å². The van der Waals surface area contributed by atoms with Gasteiger partial charge in [-0.25, -0.2) is 4.79 Å². The van der Waals surface area contributed by atoms with Gasteiger partial charge < -0.3 is 21.5 Å². The highest BCUT2D eigenvalue weighted by Crippen LogP contribution is 2.10. The zero-order valence-electron chi connectivity index (χ0n) is 12.5. The van der Waals surface area contributed by atoms with Crippen molar-refractivity contribution in [2.75, 3.05) is 6.54 Å². The maximum Gasteiger partial charge on any atom is 0.326 e. The van der Waals surface area contributed by atoms with Crippen LogP contribution in [-0.4, -0.2) is 41.5 Å². The first kappa shape index (κ1) is 18.4. The number of nitrogens with one attached hydrogen (secondary N) is 2. The minimum Gasteiger partial charge on any atom is -0.480 e. The first-order valence-corrected chi connectivity index (χ1v) is 6.77. The summed E-state index contributed by atoms with van der Waals surface area (Å²) in [5, 5.41) is 14.1. The van der Waals surface area contributed by atoms with E-state index in [0.717, 1.165) is 0 Å². The van der Waals surface area contributed by atoms with Crippen molar-refractivity contribution in [1.82, 2.24) is 10.6 Å².